The number of rotatable bonds is 5. The summed E-state index contributed by atoms with van der Waals surface area (Å²) in [4.78, 5) is 11.7. The Kier molecular flexibility index (Phi) is 6.40. The number of hydrogen-bond donors (Lipinski definition) is 2. The molecule has 0 aliphatic heterocycles. The van der Waals surface area contributed by atoms with Crippen LogP contribution in [0.25, 0.3) is 0 Å². The Labute approximate surface area is 128 Å². The molecule has 4 heteroatoms. The SMILES string of the molecule is CC(C)CC(/C=N/NC(=O)Nc1ccccc1)C(C)(C)C. The summed E-state index contributed by atoms with van der Waals surface area (Å²) < 4.78 is 0. The maximum atomic E-state index is 11.7. The first-order chi connectivity index (χ1) is 9.79. The fourth-order valence-electron chi connectivity index (χ4n) is 2.01. The maximum absolute atomic E-state index is 11.7. The normalized spacial score (nSPS) is 13.4. The van der Waals surface area contributed by atoms with Crippen molar-refractivity contribution in [2.75, 3.05) is 5.32 Å². The predicted molar refractivity (Wildman–Crippen MR) is 89.5 cm³/mol. The summed E-state index contributed by atoms with van der Waals surface area (Å²) in [7, 11) is 0. The molecule has 0 bridgehead atoms. The van der Waals surface area contributed by atoms with Gasteiger partial charge in [0, 0.05) is 17.8 Å². The molecule has 0 aliphatic carbocycles. The van der Waals surface area contributed by atoms with Gasteiger partial charge in [-0.3, -0.25) is 0 Å². The Hall–Kier alpha value is -1.84. The number of amides is 2. The lowest BCUT2D eigenvalue weighted by Gasteiger charge is -2.28. The van der Waals surface area contributed by atoms with Gasteiger partial charge in [-0.15, -0.1) is 0 Å². The standard InChI is InChI=1S/C17H27N3O/c1-13(2)11-14(17(3,4)5)12-18-20-16(21)19-15-9-7-6-8-10-15/h6-10,12-14H,11H2,1-5H3,(H2,19,20,21)/b18-12+. The number of hydrazone groups is 1. The Morgan fingerprint density at radius 2 is 1.86 bits per heavy atom. The van der Waals surface area contributed by atoms with E-state index in [4.69, 9.17) is 0 Å². The highest BCUT2D eigenvalue weighted by atomic mass is 16.2. The van der Waals surface area contributed by atoms with Gasteiger partial charge in [0.05, 0.1) is 0 Å². The topological polar surface area (TPSA) is 53.5 Å². The van der Waals surface area contributed by atoms with Gasteiger partial charge in [0.1, 0.15) is 0 Å². The van der Waals surface area contributed by atoms with Crippen molar-refractivity contribution in [2.45, 2.75) is 41.0 Å². The number of carbonyl (C=O) groups excluding carboxylic acids is 1. The summed E-state index contributed by atoms with van der Waals surface area (Å²) in [6.45, 7) is 11.0. The summed E-state index contributed by atoms with van der Waals surface area (Å²) in [5.41, 5.74) is 3.41. The van der Waals surface area contributed by atoms with Crippen LogP contribution >= 0.6 is 0 Å². The van der Waals surface area contributed by atoms with E-state index in [-0.39, 0.29) is 11.4 Å². The van der Waals surface area contributed by atoms with Crippen LogP contribution in [0, 0.1) is 17.3 Å². The number of nitrogens with zero attached hydrogens (tertiary/aromatic N) is 1. The second kappa shape index (κ2) is 7.81. The monoisotopic (exact) mass is 289 g/mol. The van der Waals surface area contributed by atoms with Crippen LogP contribution in [0.1, 0.15) is 41.0 Å². The first-order valence-corrected chi connectivity index (χ1v) is 7.44. The van der Waals surface area contributed by atoms with Crippen LogP contribution in [0.15, 0.2) is 35.4 Å². The fourth-order valence-corrected chi connectivity index (χ4v) is 2.01. The van der Waals surface area contributed by atoms with Crippen molar-refractivity contribution in [3.8, 4) is 0 Å². The predicted octanol–water partition coefficient (Wildman–Crippen LogP) is 4.50. The number of carbonyl (C=O) groups is 1. The number of benzene rings is 1. The van der Waals surface area contributed by atoms with Crippen LogP contribution in [0.3, 0.4) is 0 Å². The molecule has 116 valence electrons. The molecule has 0 fully saturated rings. The summed E-state index contributed by atoms with van der Waals surface area (Å²) in [6, 6.07) is 8.99. The zero-order valence-corrected chi connectivity index (χ0v) is 13.7. The third-order valence-electron chi connectivity index (χ3n) is 3.29. The van der Waals surface area contributed by atoms with Crippen LogP contribution in [0.5, 0.6) is 0 Å². The molecule has 0 heterocycles. The minimum Gasteiger partial charge on any atom is -0.307 e. The largest absolute Gasteiger partial charge is 0.339 e. The smallest absolute Gasteiger partial charge is 0.307 e. The highest BCUT2D eigenvalue weighted by Gasteiger charge is 2.23. The van der Waals surface area contributed by atoms with E-state index >= 15 is 0 Å². The Balaban J connectivity index is 2.52. The summed E-state index contributed by atoms with van der Waals surface area (Å²) in [5, 5.41) is 6.83. The van der Waals surface area contributed by atoms with Gasteiger partial charge in [-0.25, -0.2) is 10.2 Å². The van der Waals surface area contributed by atoms with Crippen LogP contribution in [0.2, 0.25) is 0 Å². The molecule has 1 rings (SSSR count). The lowest BCUT2D eigenvalue weighted by atomic mass is 9.77. The van der Waals surface area contributed by atoms with E-state index in [1.165, 1.54) is 0 Å². The van der Waals surface area contributed by atoms with Crippen molar-refractivity contribution in [3.63, 3.8) is 0 Å². The molecule has 4 nitrogen and oxygen atoms in total. The highest BCUT2D eigenvalue weighted by molar-refractivity contribution is 5.89. The number of nitrogens with one attached hydrogen (secondary N) is 2. The minimum absolute atomic E-state index is 0.130. The van der Waals surface area contributed by atoms with Gasteiger partial charge < -0.3 is 5.32 Å². The Bertz CT molecular complexity index is 461. The van der Waals surface area contributed by atoms with E-state index < -0.39 is 0 Å². The molecule has 1 aromatic carbocycles. The van der Waals surface area contributed by atoms with E-state index in [2.05, 4.69) is 50.5 Å². The van der Waals surface area contributed by atoms with Crippen LogP contribution < -0.4 is 10.7 Å². The van der Waals surface area contributed by atoms with Crippen molar-refractivity contribution >= 4 is 17.9 Å². The Morgan fingerprint density at radius 1 is 1.24 bits per heavy atom. The molecule has 0 aliphatic rings. The molecular formula is C17H27N3O. The second-order valence-corrected chi connectivity index (χ2v) is 6.81. The van der Waals surface area contributed by atoms with Crippen LogP contribution in [-0.2, 0) is 0 Å². The molecule has 1 atom stereocenters. The van der Waals surface area contributed by atoms with Crippen LogP contribution in [0.4, 0.5) is 10.5 Å². The lowest BCUT2D eigenvalue weighted by Crippen LogP contribution is -2.27. The van der Waals surface area contributed by atoms with Gasteiger partial charge >= 0.3 is 6.03 Å². The number of anilines is 1. The highest BCUT2D eigenvalue weighted by Crippen LogP contribution is 2.29. The molecule has 2 N–H and O–H groups in total. The third kappa shape index (κ3) is 6.93. The molecule has 1 aromatic rings. The van der Waals surface area contributed by atoms with E-state index in [9.17, 15) is 4.79 Å². The van der Waals surface area contributed by atoms with E-state index in [0.29, 0.717) is 11.8 Å². The minimum atomic E-state index is -0.324. The van der Waals surface area contributed by atoms with E-state index in [0.717, 1.165) is 12.1 Å². The summed E-state index contributed by atoms with van der Waals surface area (Å²) >= 11 is 0. The van der Waals surface area contributed by atoms with Gasteiger partial charge in [-0.2, -0.15) is 5.10 Å². The Morgan fingerprint density at radius 3 is 2.38 bits per heavy atom. The first kappa shape index (κ1) is 17.2. The fraction of sp³-hybridized carbons (Fsp3) is 0.529. The zero-order chi connectivity index (χ0) is 15.9. The molecular weight excluding hydrogens is 262 g/mol. The molecule has 0 spiro atoms. The molecule has 1 unspecified atom stereocenters. The second-order valence-electron chi connectivity index (χ2n) is 6.81. The van der Waals surface area contributed by atoms with E-state index in [1.807, 2.05) is 36.5 Å². The molecule has 21 heavy (non-hydrogen) atoms. The maximum Gasteiger partial charge on any atom is 0.339 e. The van der Waals surface area contributed by atoms with Crippen molar-refractivity contribution in [3.05, 3.63) is 30.3 Å². The average molecular weight is 289 g/mol. The van der Waals surface area contributed by atoms with Gasteiger partial charge in [-0.1, -0.05) is 52.8 Å². The first-order valence-electron chi connectivity index (χ1n) is 7.44. The third-order valence-corrected chi connectivity index (χ3v) is 3.29. The molecule has 0 saturated carbocycles. The summed E-state index contributed by atoms with van der Waals surface area (Å²) in [5.74, 6) is 0.924. The number of para-hydroxylation sites is 1. The quantitative estimate of drug-likeness (QED) is 0.608. The van der Waals surface area contributed by atoms with Gasteiger partial charge in [-0.05, 0) is 29.9 Å². The number of urea groups is 1. The molecule has 2 amide bonds. The van der Waals surface area contributed by atoms with Gasteiger partial charge in [0.25, 0.3) is 0 Å². The van der Waals surface area contributed by atoms with Crippen molar-refractivity contribution in [1.82, 2.24) is 5.43 Å². The molecule has 0 saturated heterocycles. The lowest BCUT2D eigenvalue weighted by molar-refractivity contribution is 0.251. The molecule has 0 aromatic heterocycles. The molecule has 0 radical (unpaired) electrons. The van der Waals surface area contributed by atoms with Crippen LogP contribution in [-0.4, -0.2) is 12.2 Å². The van der Waals surface area contributed by atoms with Gasteiger partial charge in [0.2, 0.25) is 0 Å². The average Bonchev–Trinajstić information content (AvgIpc) is 2.37. The summed E-state index contributed by atoms with van der Waals surface area (Å²) in [6.07, 6.45) is 2.90. The van der Waals surface area contributed by atoms with Crippen molar-refractivity contribution < 1.29 is 4.79 Å². The zero-order valence-electron chi connectivity index (χ0n) is 13.7. The van der Waals surface area contributed by atoms with E-state index in [1.54, 1.807) is 0 Å². The van der Waals surface area contributed by atoms with Crippen molar-refractivity contribution in [1.29, 1.82) is 0 Å². The van der Waals surface area contributed by atoms with Gasteiger partial charge in [0.15, 0.2) is 0 Å². The van der Waals surface area contributed by atoms with Crippen molar-refractivity contribution in [2.24, 2.45) is 22.4 Å². The number of hydrogen-bond acceptors (Lipinski definition) is 2.